The topological polar surface area (TPSA) is 119 Å². The highest BCUT2D eigenvalue weighted by atomic mass is 32.2. The number of carbonyl (C=O) groups excluding carboxylic acids is 1. The van der Waals surface area contributed by atoms with E-state index in [9.17, 15) is 23.3 Å². The van der Waals surface area contributed by atoms with E-state index < -0.39 is 26.6 Å². The molecule has 0 unspecified atom stereocenters. The number of likely N-dealkylation sites (N-methyl/N-ethyl adjacent to an activating group) is 1. The number of hydrogen-bond donors (Lipinski definition) is 0. The molecule has 0 aliphatic carbocycles. The fraction of sp³-hybridized carbons (Fsp3) is 0.562. The van der Waals surface area contributed by atoms with Crippen LogP contribution in [0.3, 0.4) is 0 Å². The number of amides is 1. The van der Waals surface area contributed by atoms with Crippen LogP contribution < -0.4 is 9.04 Å². The number of nitrogens with zero attached hydrogens (tertiary/aromatic N) is 3. The highest BCUT2D eigenvalue weighted by molar-refractivity contribution is 7.92. The molecule has 0 aliphatic rings. The zero-order valence-electron chi connectivity index (χ0n) is 16.3. The van der Waals surface area contributed by atoms with Crippen molar-refractivity contribution in [2.75, 3.05) is 37.8 Å². The number of benzene rings is 1. The summed E-state index contributed by atoms with van der Waals surface area (Å²) < 4.78 is 35.0. The van der Waals surface area contributed by atoms with E-state index in [2.05, 4.69) is 0 Å². The van der Waals surface area contributed by atoms with Gasteiger partial charge >= 0.3 is 6.09 Å². The van der Waals surface area contributed by atoms with Gasteiger partial charge in [0.2, 0.25) is 10.0 Å². The van der Waals surface area contributed by atoms with Crippen molar-refractivity contribution < 1.29 is 27.6 Å². The Bertz CT molecular complexity index is 803. The zero-order chi connectivity index (χ0) is 21.0. The van der Waals surface area contributed by atoms with Crippen LogP contribution in [0.1, 0.15) is 20.8 Å². The van der Waals surface area contributed by atoms with Gasteiger partial charge in [-0.3, -0.25) is 14.4 Å². The Balaban J connectivity index is 2.85. The number of hydrogen-bond acceptors (Lipinski definition) is 7. The lowest BCUT2D eigenvalue weighted by Gasteiger charge is -2.24. The third-order valence-corrected chi connectivity index (χ3v) is 4.57. The summed E-state index contributed by atoms with van der Waals surface area (Å²) >= 11 is 0. The molecule has 0 heterocycles. The van der Waals surface area contributed by atoms with Gasteiger partial charge < -0.3 is 14.4 Å². The van der Waals surface area contributed by atoms with Crippen LogP contribution in [0.15, 0.2) is 18.2 Å². The predicted octanol–water partition coefficient (Wildman–Crippen LogP) is 2.24. The summed E-state index contributed by atoms with van der Waals surface area (Å²) in [6.07, 6.45) is 0.437. The van der Waals surface area contributed by atoms with Crippen molar-refractivity contribution in [1.82, 2.24) is 4.90 Å². The standard InChI is InChI=1S/C16H25N3O7S/c1-16(2,3)26-15(20)17(4)9-10-25-12-7-8-13(19(21)22)14(11-12)18(5)27(6,23)24/h7-8,11H,9-10H2,1-6H3. The van der Waals surface area contributed by atoms with Crippen LogP contribution >= 0.6 is 0 Å². The number of anilines is 1. The number of rotatable bonds is 7. The minimum atomic E-state index is -3.69. The van der Waals surface area contributed by atoms with Gasteiger partial charge in [-0.05, 0) is 26.8 Å². The van der Waals surface area contributed by atoms with Crippen LogP contribution in [0.4, 0.5) is 16.2 Å². The van der Waals surface area contributed by atoms with E-state index in [1.807, 2.05) is 0 Å². The highest BCUT2D eigenvalue weighted by Gasteiger charge is 2.24. The van der Waals surface area contributed by atoms with E-state index in [0.29, 0.717) is 0 Å². The first-order valence-electron chi connectivity index (χ1n) is 8.01. The van der Waals surface area contributed by atoms with Gasteiger partial charge in [0.05, 0.1) is 17.7 Å². The number of nitro benzene ring substituents is 1. The Morgan fingerprint density at radius 3 is 2.33 bits per heavy atom. The summed E-state index contributed by atoms with van der Waals surface area (Å²) in [5.41, 5.74) is -1.09. The van der Waals surface area contributed by atoms with Crippen LogP contribution in [0.5, 0.6) is 5.75 Å². The second-order valence-electron chi connectivity index (χ2n) is 6.89. The molecule has 152 valence electrons. The normalized spacial score (nSPS) is 11.6. The molecule has 1 rings (SSSR count). The molecular weight excluding hydrogens is 378 g/mol. The van der Waals surface area contributed by atoms with E-state index >= 15 is 0 Å². The van der Waals surface area contributed by atoms with E-state index in [1.54, 1.807) is 27.8 Å². The average molecular weight is 403 g/mol. The monoisotopic (exact) mass is 403 g/mol. The molecular formula is C16H25N3O7S. The summed E-state index contributed by atoms with van der Waals surface area (Å²) in [4.78, 5) is 23.7. The van der Waals surface area contributed by atoms with Crippen LogP contribution in [-0.4, -0.2) is 63.4 Å². The molecule has 0 saturated carbocycles. The smallest absolute Gasteiger partial charge is 0.410 e. The maximum absolute atomic E-state index is 11.9. The van der Waals surface area contributed by atoms with Gasteiger partial charge in [-0.15, -0.1) is 0 Å². The second-order valence-corrected chi connectivity index (χ2v) is 8.90. The molecule has 1 aromatic carbocycles. The van der Waals surface area contributed by atoms with Crippen LogP contribution in [0.25, 0.3) is 0 Å². The van der Waals surface area contributed by atoms with Crippen LogP contribution in [0.2, 0.25) is 0 Å². The predicted molar refractivity (Wildman–Crippen MR) is 101 cm³/mol. The Labute approximate surface area is 158 Å². The molecule has 0 saturated heterocycles. The summed E-state index contributed by atoms with van der Waals surface area (Å²) in [6.45, 7) is 5.57. The van der Waals surface area contributed by atoms with Gasteiger partial charge in [0.1, 0.15) is 23.6 Å². The Morgan fingerprint density at radius 1 is 1.26 bits per heavy atom. The lowest BCUT2D eigenvalue weighted by atomic mass is 10.2. The Kier molecular flexibility index (Phi) is 7.01. The Morgan fingerprint density at radius 2 is 1.85 bits per heavy atom. The molecule has 0 aromatic heterocycles. The van der Waals surface area contributed by atoms with Gasteiger partial charge in [0.15, 0.2) is 0 Å². The number of carbonyl (C=O) groups is 1. The minimum absolute atomic E-state index is 0.0928. The number of nitro groups is 1. The molecule has 0 fully saturated rings. The zero-order valence-corrected chi connectivity index (χ0v) is 17.1. The van der Waals surface area contributed by atoms with E-state index in [-0.39, 0.29) is 30.3 Å². The van der Waals surface area contributed by atoms with E-state index in [1.165, 1.54) is 30.1 Å². The lowest BCUT2D eigenvalue weighted by Crippen LogP contribution is -2.36. The maximum Gasteiger partial charge on any atom is 0.410 e. The first-order chi connectivity index (χ1) is 12.2. The van der Waals surface area contributed by atoms with Gasteiger partial charge in [-0.25, -0.2) is 13.2 Å². The fourth-order valence-electron chi connectivity index (χ4n) is 1.91. The molecule has 11 heteroatoms. The van der Waals surface area contributed by atoms with Gasteiger partial charge in [0, 0.05) is 26.2 Å². The SMILES string of the molecule is CN(CCOc1ccc([N+](=O)[O-])c(N(C)S(C)(=O)=O)c1)C(=O)OC(C)(C)C. The van der Waals surface area contributed by atoms with Crippen molar-refractivity contribution in [3.63, 3.8) is 0 Å². The average Bonchev–Trinajstić information content (AvgIpc) is 2.51. The molecule has 0 spiro atoms. The van der Waals surface area contributed by atoms with Crippen molar-refractivity contribution in [1.29, 1.82) is 0 Å². The van der Waals surface area contributed by atoms with Gasteiger partial charge in [-0.2, -0.15) is 0 Å². The molecule has 1 amide bonds. The molecule has 27 heavy (non-hydrogen) atoms. The molecule has 0 radical (unpaired) electrons. The van der Waals surface area contributed by atoms with Crippen LogP contribution in [0, 0.1) is 10.1 Å². The largest absolute Gasteiger partial charge is 0.492 e. The first-order valence-corrected chi connectivity index (χ1v) is 9.86. The summed E-state index contributed by atoms with van der Waals surface area (Å²) in [6, 6.07) is 3.81. The summed E-state index contributed by atoms with van der Waals surface area (Å²) in [5.74, 6) is 0.240. The number of ether oxygens (including phenoxy) is 2. The van der Waals surface area contributed by atoms with Crippen molar-refractivity contribution in [3.05, 3.63) is 28.3 Å². The molecule has 0 bridgehead atoms. The summed E-state index contributed by atoms with van der Waals surface area (Å²) in [7, 11) is -0.916. The summed E-state index contributed by atoms with van der Waals surface area (Å²) in [5, 5.41) is 11.1. The molecule has 0 aliphatic heterocycles. The first kappa shape index (κ1) is 22.5. The van der Waals surface area contributed by atoms with Crippen molar-refractivity contribution in [2.45, 2.75) is 26.4 Å². The highest BCUT2D eigenvalue weighted by Crippen LogP contribution is 2.32. The third kappa shape index (κ3) is 6.93. The Hall–Kier alpha value is -2.56. The van der Waals surface area contributed by atoms with E-state index in [4.69, 9.17) is 9.47 Å². The third-order valence-electron chi connectivity index (χ3n) is 3.38. The molecule has 1 aromatic rings. The lowest BCUT2D eigenvalue weighted by molar-refractivity contribution is -0.384. The van der Waals surface area contributed by atoms with Crippen LogP contribution in [-0.2, 0) is 14.8 Å². The maximum atomic E-state index is 11.9. The molecule has 0 atom stereocenters. The molecule has 0 N–H and O–H groups in total. The quantitative estimate of drug-likeness (QED) is 0.506. The minimum Gasteiger partial charge on any atom is -0.492 e. The number of sulfonamides is 1. The van der Waals surface area contributed by atoms with Gasteiger partial charge in [0.25, 0.3) is 5.69 Å². The fourth-order valence-corrected chi connectivity index (χ4v) is 2.41. The molecule has 10 nitrogen and oxygen atoms in total. The van der Waals surface area contributed by atoms with Crippen molar-refractivity contribution >= 4 is 27.5 Å². The second kappa shape index (κ2) is 8.42. The van der Waals surface area contributed by atoms with Gasteiger partial charge in [-0.1, -0.05) is 0 Å². The van der Waals surface area contributed by atoms with Crippen molar-refractivity contribution in [3.8, 4) is 5.75 Å². The van der Waals surface area contributed by atoms with Crippen molar-refractivity contribution in [2.24, 2.45) is 0 Å². The van der Waals surface area contributed by atoms with E-state index in [0.717, 1.165) is 10.6 Å².